The Kier molecular flexibility index (Phi) is 2.40. The highest BCUT2D eigenvalue weighted by atomic mass is 35.5. The molecule has 2 nitrogen and oxygen atoms in total. The van der Waals surface area contributed by atoms with Crippen molar-refractivity contribution in [3.05, 3.63) is 35.9 Å². The molecule has 0 spiro atoms. The molecule has 1 aliphatic heterocycles. The number of hydrogen-bond acceptors (Lipinski definition) is 1. The summed E-state index contributed by atoms with van der Waals surface area (Å²) in [6, 6.07) is 10.8. The number of halogens is 1. The minimum absolute atomic E-state index is 0.0181. The first-order valence-electron chi connectivity index (χ1n) is 5.74. The maximum Gasteiger partial charge on any atom is 0.224 e. The summed E-state index contributed by atoms with van der Waals surface area (Å²) in [6.07, 6.45) is 1.61. The summed E-state index contributed by atoms with van der Waals surface area (Å²) in [5, 5.41) is 0.0181. The minimum Gasteiger partial charge on any atom is -0.338 e. The molecule has 1 saturated carbocycles. The Bertz CT molecular complexity index is 406. The summed E-state index contributed by atoms with van der Waals surface area (Å²) >= 11 is 6.00. The quantitative estimate of drug-likeness (QED) is 0.721. The van der Waals surface area contributed by atoms with Gasteiger partial charge in [-0.15, -0.1) is 11.6 Å². The van der Waals surface area contributed by atoms with E-state index in [4.69, 9.17) is 11.6 Å². The molecule has 2 fully saturated rings. The highest BCUT2D eigenvalue weighted by Gasteiger charge is 2.47. The Morgan fingerprint density at radius 3 is 2.62 bits per heavy atom. The van der Waals surface area contributed by atoms with E-state index in [0.717, 1.165) is 13.0 Å². The zero-order valence-electron chi connectivity index (χ0n) is 8.97. The van der Waals surface area contributed by atoms with Crippen molar-refractivity contribution in [3.63, 3.8) is 0 Å². The Morgan fingerprint density at radius 1 is 1.25 bits per heavy atom. The number of carbonyl (C=O) groups is 1. The number of rotatable bonds is 2. The highest BCUT2D eigenvalue weighted by Crippen LogP contribution is 2.46. The summed E-state index contributed by atoms with van der Waals surface area (Å²) in [4.78, 5) is 13.7. The van der Waals surface area contributed by atoms with Gasteiger partial charge in [0.15, 0.2) is 0 Å². The standard InChI is InChI=1S/C13H14ClNO/c14-10-6-13(16)15(8-10)12-7-11(12)9-4-2-1-3-5-9/h1-5,10-12H,6-8H2. The molecular formula is C13H14ClNO. The van der Waals surface area contributed by atoms with Crippen molar-refractivity contribution in [2.75, 3.05) is 6.54 Å². The van der Waals surface area contributed by atoms with Crippen LogP contribution >= 0.6 is 11.6 Å². The smallest absolute Gasteiger partial charge is 0.224 e. The van der Waals surface area contributed by atoms with E-state index in [9.17, 15) is 4.79 Å². The minimum atomic E-state index is 0.0181. The van der Waals surface area contributed by atoms with Gasteiger partial charge in [0, 0.05) is 24.9 Å². The molecule has 0 bridgehead atoms. The molecule has 2 aliphatic rings. The number of nitrogens with zero attached hydrogens (tertiary/aromatic N) is 1. The largest absolute Gasteiger partial charge is 0.338 e. The van der Waals surface area contributed by atoms with Crippen molar-refractivity contribution in [3.8, 4) is 0 Å². The third kappa shape index (κ3) is 1.71. The number of hydrogen-bond donors (Lipinski definition) is 0. The lowest BCUT2D eigenvalue weighted by Gasteiger charge is -2.15. The van der Waals surface area contributed by atoms with Crippen LogP contribution in [0.15, 0.2) is 30.3 Å². The van der Waals surface area contributed by atoms with Gasteiger partial charge in [-0.05, 0) is 12.0 Å². The summed E-state index contributed by atoms with van der Waals surface area (Å²) in [6.45, 7) is 0.731. The van der Waals surface area contributed by atoms with Crippen molar-refractivity contribution < 1.29 is 4.79 Å². The van der Waals surface area contributed by atoms with Gasteiger partial charge >= 0.3 is 0 Å². The maximum atomic E-state index is 11.7. The van der Waals surface area contributed by atoms with Gasteiger partial charge in [-0.25, -0.2) is 0 Å². The third-order valence-corrected chi connectivity index (χ3v) is 3.79. The average molecular weight is 236 g/mol. The lowest BCUT2D eigenvalue weighted by Crippen LogP contribution is -2.28. The van der Waals surface area contributed by atoms with Crippen LogP contribution in [-0.2, 0) is 4.79 Å². The molecule has 0 aromatic heterocycles. The van der Waals surface area contributed by atoms with Gasteiger partial charge < -0.3 is 4.90 Å². The van der Waals surface area contributed by atoms with Crippen LogP contribution in [0.5, 0.6) is 0 Å². The second-order valence-corrected chi connectivity index (χ2v) is 5.28. The van der Waals surface area contributed by atoms with Crippen LogP contribution in [-0.4, -0.2) is 28.8 Å². The average Bonchev–Trinajstić information content (AvgIpc) is 3.00. The lowest BCUT2D eigenvalue weighted by atomic mass is 10.1. The van der Waals surface area contributed by atoms with Gasteiger partial charge in [-0.1, -0.05) is 30.3 Å². The molecule has 1 aromatic rings. The number of amides is 1. The lowest BCUT2D eigenvalue weighted by molar-refractivity contribution is -0.128. The van der Waals surface area contributed by atoms with Crippen LogP contribution < -0.4 is 0 Å². The van der Waals surface area contributed by atoms with Crippen molar-refractivity contribution >= 4 is 17.5 Å². The zero-order valence-corrected chi connectivity index (χ0v) is 9.73. The molecule has 16 heavy (non-hydrogen) atoms. The van der Waals surface area contributed by atoms with E-state index < -0.39 is 0 Å². The molecule has 1 aliphatic carbocycles. The maximum absolute atomic E-state index is 11.7. The summed E-state index contributed by atoms with van der Waals surface area (Å²) in [7, 11) is 0. The number of carbonyl (C=O) groups excluding carboxylic acids is 1. The van der Waals surface area contributed by atoms with Crippen molar-refractivity contribution in [2.45, 2.75) is 30.2 Å². The van der Waals surface area contributed by atoms with Crippen LogP contribution in [0.1, 0.15) is 24.3 Å². The van der Waals surface area contributed by atoms with Crippen molar-refractivity contribution in [2.24, 2.45) is 0 Å². The Balaban J connectivity index is 1.71. The summed E-state index contributed by atoms with van der Waals surface area (Å²) < 4.78 is 0. The molecule has 1 saturated heterocycles. The number of likely N-dealkylation sites (tertiary alicyclic amines) is 1. The van der Waals surface area contributed by atoms with Crippen LogP contribution in [0.3, 0.4) is 0 Å². The number of benzene rings is 1. The van der Waals surface area contributed by atoms with Crippen LogP contribution in [0.4, 0.5) is 0 Å². The second kappa shape index (κ2) is 3.77. The van der Waals surface area contributed by atoms with E-state index in [2.05, 4.69) is 24.3 Å². The molecular weight excluding hydrogens is 222 g/mol. The van der Waals surface area contributed by atoms with Gasteiger partial charge in [0.25, 0.3) is 0 Å². The fraction of sp³-hybridized carbons (Fsp3) is 0.462. The fourth-order valence-electron chi connectivity index (χ4n) is 2.59. The molecule has 84 valence electrons. The zero-order chi connectivity index (χ0) is 11.1. The molecule has 3 atom stereocenters. The van der Waals surface area contributed by atoms with E-state index in [-0.39, 0.29) is 11.3 Å². The van der Waals surface area contributed by atoms with Crippen molar-refractivity contribution in [1.82, 2.24) is 4.90 Å². The highest BCUT2D eigenvalue weighted by molar-refractivity contribution is 6.22. The molecule has 3 heteroatoms. The second-order valence-electron chi connectivity index (χ2n) is 4.67. The predicted molar refractivity (Wildman–Crippen MR) is 63.6 cm³/mol. The molecule has 3 unspecified atom stereocenters. The first-order valence-corrected chi connectivity index (χ1v) is 6.18. The van der Waals surface area contributed by atoms with Gasteiger partial charge in [-0.3, -0.25) is 4.79 Å². The molecule has 0 N–H and O–H groups in total. The number of alkyl halides is 1. The summed E-state index contributed by atoms with van der Waals surface area (Å²) in [5.74, 6) is 0.760. The molecule has 1 heterocycles. The Labute approximate surface area is 100 Å². The molecule has 1 amide bonds. The van der Waals surface area contributed by atoms with E-state index in [1.54, 1.807) is 0 Å². The van der Waals surface area contributed by atoms with Gasteiger partial charge in [-0.2, -0.15) is 0 Å². The first-order chi connectivity index (χ1) is 7.75. The Hall–Kier alpha value is -1.02. The third-order valence-electron chi connectivity index (χ3n) is 3.50. The van der Waals surface area contributed by atoms with Gasteiger partial charge in [0.2, 0.25) is 5.91 Å². The van der Waals surface area contributed by atoms with E-state index in [1.165, 1.54) is 5.56 Å². The predicted octanol–water partition coefficient (Wildman–Crippen LogP) is 2.38. The van der Waals surface area contributed by atoms with E-state index in [1.807, 2.05) is 11.0 Å². The van der Waals surface area contributed by atoms with E-state index in [0.29, 0.717) is 18.4 Å². The molecule has 0 radical (unpaired) electrons. The first kappa shape index (κ1) is 10.2. The fourth-order valence-corrected chi connectivity index (χ4v) is 2.87. The molecule has 3 rings (SSSR count). The van der Waals surface area contributed by atoms with Gasteiger partial charge in [0.05, 0.1) is 5.38 Å². The van der Waals surface area contributed by atoms with Crippen molar-refractivity contribution in [1.29, 1.82) is 0 Å². The van der Waals surface area contributed by atoms with Crippen LogP contribution in [0.2, 0.25) is 0 Å². The van der Waals surface area contributed by atoms with E-state index >= 15 is 0 Å². The Morgan fingerprint density at radius 2 is 2.00 bits per heavy atom. The normalized spacial score (nSPS) is 33.2. The SMILES string of the molecule is O=C1CC(Cl)CN1C1CC1c1ccccc1. The van der Waals surface area contributed by atoms with Crippen LogP contribution in [0.25, 0.3) is 0 Å². The molecule has 1 aromatic carbocycles. The van der Waals surface area contributed by atoms with Gasteiger partial charge in [0.1, 0.15) is 0 Å². The summed E-state index contributed by atoms with van der Waals surface area (Å²) in [5.41, 5.74) is 1.35. The van der Waals surface area contributed by atoms with Crippen LogP contribution in [0, 0.1) is 0 Å². The topological polar surface area (TPSA) is 20.3 Å². The monoisotopic (exact) mass is 235 g/mol.